The Kier molecular flexibility index (Phi) is 6.67. The van der Waals surface area contributed by atoms with Crippen molar-refractivity contribution in [1.29, 1.82) is 0 Å². The van der Waals surface area contributed by atoms with Gasteiger partial charge >= 0.3 is 18.0 Å². The summed E-state index contributed by atoms with van der Waals surface area (Å²) in [6, 6.07) is 4.91. The van der Waals surface area contributed by atoms with Crippen LogP contribution in [0.15, 0.2) is 34.7 Å². The zero-order valence-corrected chi connectivity index (χ0v) is 16.7. The predicted octanol–water partition coefficient (Wildman–Crippen LogP) is 3.23. The normalized spacial score (nSPS) is 15.2. The summed E-state index contributed by atoms with van der Waals surface area (Å²) in [7, 11) is 0. The molecule has 1 aromatic carbocycles. The first-order valence-corrected chi connectivity index (χ1v) is 9.36. The second-order valence-electron chi connectivity index (χ2n) is 6.76. The lowest BCUT2D eigenvalue weighted by molar-refractivity contribution is -0.402. The highest BCUT2D eigenvalue weighted by Gasteiger charge is 2.32. The van der Waals surface area contributed by atoms with Crippen molar-refractivity contribution in [2.45, 2.75) is 19.2 Å². The van der Waals surface area contributed by atoms with Crippen LogP contribution in [0.5, 0.6) is 0 Å². The minimum absolute atomic E-state index is 0.108. The quantitative estimate of drug-likeness (QED) is 0.398. The molecule has 0 saturated carbocycles. The molecule has 2 aromatic rings. The molecule has 172 valence electrons. The van der Waals surface area contributed by atoms with E-state index in [9.17, 15) is 32.9 Å². The van der Waals surface area contributed by atoms with Gasteiger partial charge in [-0.2, -0.15) is 13.2 Å². The van der Waals surface area contributed by atoms with Gasteiger partial charge in [0.2, 0.25) is 5.76 Å². The molecule has 10 nitrogen and oxygen atoms in total. The minimum Gasteiger partial charge on any atom is -0.447 e. The Morgan fingerprint density at radius 1 is 1.22 bits per heavy atom. The number of hydrogen-bond donors (Lipinski definition) is 1. The SMILES string of the molecule is C[C@H](OC(=O)c1ccc([N+](=O)[O-])o1)C(=O)Nc1cc(C(F)(F)F)ccc1N1CCOCC1. The molecular weight excluding hydrogens is 439 g/mol. The molecule has 13 heteroatoms. The van der Waals surface area contributed by atoms with E-state index < -0.39 is 46.3 Å². The molecule has 1 amide bonds. The van der Waals surface area contributed by atoms with Crippen molar-refractivity contribution in [2.24, 2.45) is 0 Å². The van der Waals surface area contributed by atoms with Crippen LogP contribution in [0.1, 0.15) is 23.0 Å². The van der Waals surface area contributed by atoms with E-state index in [0.717, 1.165) is 24.3 Å². The number of alkyl halides is 3. The van der Waals surface area contributed by atoms with Gasteiger partial charge in [-0.25, -0.2) is 4.79 Å². The van der Waals surface area contributed by atoms with Crippen LogP contribution in [0.2, 0.25) is 0 Å². The van der Waals surface area contributed by atoms with Gasteiger partial charge in [0.05, 0.1) is 36.2 Å². The van der Waals surface area contributed by atoms with Crippen LogP contribution in [0.4, 0.5) is 30.4 Å². The first-order chi connectivity index (χ1) is 15.1. The second kappa shape index (κ2) is 9.26. The van der Waals surface area contributed by atoms with E-state index in [-0.39, 0.29) is 5.69 Å². The number of benzene rings is 1. The first kappa shape index (κ1) is 23.1. The molecule has 32 heavy (non-hydrogen) atoms. The topological polar surface area (TPSA) is 124 Å². The number of anilines is 2. The third-order valence-corrected chi connectivity index (χ3v) is 4.56. The summed E-state index contributed by atoms with van der Waals surface area (Å²) in [4.78, 5) is 36.1. The molecule has 0 bridgehead atoms. The molecule has 1 aromatic heterocycles. The maximum Gasteiger partial charge on any atom is 0.433 e. The van der Waals surface area contributed by atoms with E-state index in [0.29, 0.717) is 32.0 Å². The molecule has 1 N–H and O–H groups in total. The van der Waals surface area contributed by atoms with Crippen LogP contribution in [-0.2, 0) is 20.4 Å². The zero-order valence-electron chi connectivity index (χ0n) is 16.7. The predicted molar refractivity (Wildman–Crippen MR) is 103 cm³/mol. The number of halogens is 3. The summed E-state index contributed by atoms with van der Waals surface area (Å²) in [5.74, 6) is -3.22. The summed E-state index contributed by atoms with van der Waals surface area (Å²) in [5, 5.41) is 13.0. The molecule has 0 radical (unpaired) electrons. The van der Waals surface area contributed by atoms with Gasteiger partial charge in [0.15, 0.2) is 6.10 Å². The third-order valence-electron chi connectivity index (χ3n) is 4.56. The molecule has 1 atom stereocenters. The Balaban J connectivity index is 1.76. The van der Waals surface area contributed by atoms with Gasteiger partial charge in [-0.1, -0.05) is 0 Å². The molecule has 0 spiro atoms. The highest BCUT2D eigenvalue weighted by Crippen LogP contribution is 2.36. The van der Waals surface area contributed by atoms with Gasteiger partial charge < -0.3 is 24.1 Å². The van der Waals surface area contributed by atoms with Gasteiger partial charge in [0, 0.05) is 13.1 Å². The molecule has 1 aliphatic heterocycles. The van der Waals surface area contributed by atoms with Gasteiger partial charge in [-0.15, -0.1) is 0 Å². The Hall–Kier alpha value is -3.61. The van der Waals surface area contributed by atoms with E-state index in [1.54, 1.807) is 4.90 Å². The van der Waals surface area contributed by atoms with Crippen molar-refractivity contribution in [3.63, 3.8) is 0 Å². The number of esters is 1. The molecule has 2 heterocycles. The standard InChI is InChI=1S/C19H18F3N3O7/c1-11(31-18(27)15-4-5-16(32-15)25(28)29)17(26)23-13-10-12(19(20,21)22)2-3-14(13)24-6-8-30-9-7-24/h2-5,10-11H,6-9H2,1H3,(H,23,26)/t11-/m0/s1. The van der Waals surface area contributed by atoms with Gasteiger partial charge in [0.25, 0.3) is 5.91 Å². The number of carbonyl (C=O) groups excluding carboxylic acids is 2. The number of furan rings is 1. The Labute approximate surface area is 179 Å². The van der Waals surface area contributed by atoms with Crippen LogP contribution < -0.4 is 10.2 Å². The number of carbonyl (C=O) groups is 2. The minimum atomic E-state index is -4.63. The highest BCUT2D eigenvalue weighted by molar-refractivity contribution is 5.99. The smallest absolute Gasteiger partial charge is 0.433 e. The van der Waals surface area contributed by atoms with Crippen molar-refractivity contribution in [3.05, 3.63) is 51.8 Å². The van der Waals surface area contributed by atoms with E-state index >= 15 is 0 Å². The van der Waals surface area contributed by atoms with E-state index in [2.05, 4.69) is 5.32 Å². The average Bonchev–Trinajstić information content (AvgIpc) is 3.24. The van der Waals surface area contributed by atoms with Crippen molar-refractivity contribution in [3.8, 4) is 0 Å². The fourth-order valence-electron chi connectivity index (χ4n) is 2.93. The molecule has 0 aliphatic carbocycles. The molecule has 1 aliphatic rings. The van der Waals surface area contributed by atoms with Crippen LogP contribution >= 0.6 is 0 Å². The number of hydrogen-bond acceptors (Lipinski definition) is 8. The van der Waals surface area contributed by atoms with Crippen LogP contribution in [0, 0.1) is 10.1 Å². The lowest BCUT2D eigenvalue weighted by atomic mass is 10.1. The molecule has 3 rings (SSSR count). The molecule has 0 unspecified atom stereocenters. The number of amides is 1. The van der Waals surface area contributed by atoms with Gasteiger partial charge in [-0.05, 0) is 31.2 Å². The van der Waals surface area contributed by atoms with Gasteiger partial charge in [-0.3, -0.25) is 14.9 Å². The average molecular weight is 457 g/mol. The summed E-state index contributed by atoms with van der Waals surface area (Å²) in [5.41, 5.74) is -0.713. The summed E-state index contributed by atoms with van der Waals surface area (Å²) in [6.45, 7) is 2.77. The van der Waals surface area contributed by atoms with Crippen molar-refractivity contribution >= 4 is 29.1 Å². The van der Waals surface area contributed by atoms with Crippen molar-refractivity contribution in [2.75, 3.05) is 36.5 Å². The van der Waals surface area contributed by atoms with E-state index in [1.165, 1.54) is 13.0 Å². The lowest BCUT2D eigenvalue weighted by Gasteiger charge is -2.31. The van der Waals surface area contributed by atoms with Crippen molar-refractivity contribution < 1.29 is 41.6 Å². The number of ether oxygens (including phenoxy) is 2. The van der Waals surface area contributed by atoms with Crippen molar-refractivity contribution in [1.82, 2.24) is 0 Å². The molecule has 1 fully saturated rings. The second-order valence-corrected chi connectivity index (χ2v) is 6.76. The summed E-state index contributed by atoms with van der Waals surface area (Å²) < 4.78 is 54.4. The Morgan fingerprint density at radius 2 is 1.91 bits per heavy atom. The number of nitrogens with one attached hydrogen (secondary N) is 1. The van der Waals surface area contributed by atoms with Crippen LogP contribution in [-0.4, -0.2) is 49.2 Å². The maximum atomic E-state index is 13.2. The fourth-order valence-corrected chi connectivity index (χ4v) is 2.93. The highest BCUT2D eigenvalue weighted by atomic mass is 19.4. The monoisotopic (exact) mass is 457 g/mol. The van der Waals surface area contributed by atoms with E-state index in [1.807, 2.05) is 0 Å². The van der Waals surface area contributed by atoms with Crippen LogP contribution in [0.3, 0.4) is 0 Å². The zero-order chi connectivity index (χ0) is 23.5. The summed E-state index contributed by atoms with van der Waals surface area (Å²) >= 11 is 0. The lowest BCUT2D eigenvalue weighted by Crippen LogP contribution is -2.37. The number of nitro groups is 1. The van der Waals surface area contributed by atoms with E-state index in [4.69, 9.17) is 13.9 Å². The molecule has 1 saturated heterocycles. The maximum absolute atomic E-state index is 13.2. The number of nitrogens with zero attached hydrogens (tertiary/aromatic N) is 2. The molecular formula is C19H18F3N3O7. The summed E-state index contributed by atoms with van der Waals surface area (Å²) in [6.07, 6.45) is -6.06. The largest absolute Gasteiger partial charge is 0.447 e. The van der Waals surface area contributed by atoms with Gasteiger partial charge in [0.1, 0.15) is 4.92 Å². The fraction of sp³-hybridized carbons (Fsp3) is 0.368. The third kappa shape index (κ3) is 5.35. The number of morpholine rings is 1. The Bertz CT molecular complexity index is 1020. The number of rotatable bonds is 6. The van der Waals surface area contributed by atoms with Crippen LogP contribution in [0.25, 0.3) is 0 Å². The first-order valence-electron chi connectivity index (χ1n) is 9.36. The Morgan fingerprint density at radius 3 is 2.50 bits per heavy atom.